The SMILES string of the molecule is CC(C)(C)c1ccc2c(c1)C1(c3ccccc3Sc3ccc(N(c4ccc5c(c4)C(C)(C)c4ccccc4-5)c4cccc5ccccc45)cc31)c1cc(C(C)(C)C)ccc1-2. The Bertz CT molecular complexity index is 3010. The minimum atomic E-state index is -0.521. The zero-order valence-corrected chi connectivity index (χ0v) is 36.8. The maximum atomic E-state index is 2.56. The molecule has 60 heavy (non-hydrogen) atoms. The third-order valence-corrected chi connectivity index (χ3v) is 15.0. The summed E-state index contributed by atoms with van der Waals surface area (Å²) in [5.74, 6) is 0. The summed E-state index contributed by atoms with van der Waals surface area (Å²) in [7, 11) is 0. The average molecular weight is 794 g/mol. The Labute approximate surface area is 360 Å². The molecule has 1 nitrogen and oxygen atoms in total. The molecule has 294 valence electrons. The van der Waals surface area contributed by atoms with E-state index in [1.165, 1.54) is 98.7 Å². The number of hydrogen-bond donors (Lipinski definition) is 0. The first-order valence-electron chi connectivity index (χ1n) is 21.5. The highest BCUT2D eigenvalue weighted by molar-refractivity contribution is 7.99. The van der Waals surface area contributed by atoms with Gasteiger partial charge in [0.05, 0.1) is 11.1 Å². The molecule has 0 unspecified atom stereocenters. The van der Waals surface area contributed by atoms with E-state index in [-0.39, 0.29) is 16.2 Å². The quantitative estimate of drug-likeness (QED) is 0.175. The van der Waals surface area contributed by atoms with E-state index in [1.54, 1.807) is 0 Å². The zero-order valence-electron chi connectivity index (χ0n) is 35.9. The molecule has 2 heteroatoms. The summed E-state index contributed by atoms with van der Waals surface area (Å²) in [5.41, 5.74) is 19.1. The highest BCUT2D eigenvalue weighted by atomic mass is 32.2. The van der Waals surface area contributed by atoms with Gasteiger partial charge in [0.2, 0.25) is 0 Å². The first kappa shape index (κ1) is 37.2. The second-order valence-electron chi connectivity index (χ2n) is 19.8. The smallest absolute Gasteiger partial charge is 0.0736 e. The van der Waals surface area contributed by atoms with Gasteiger partial charge in [0.25, 0.3) is 0 Å². The Morgan fingerprint density at radius 1 is 0.417 bits per heavy atom. The van der Waals surface area contributed by atoms with Crippen molar-refractivity contribution in [2.45, 2.75) is 86.8 Å². The topological polar surface area (TPSA) is 3.24 Å². The van der Waals surface area contributed by atoms with E-state index < -0.39 is 5.41 Å². The largest absolute Gasteiger partial charge is 0.310 e. The first-order valence-corrected chi connectivity index (χ1v) is 22.3. The standard InChI is InChI=1S/C58H51NS/c1-55(2,3)37-24-28-44-45-29-25-38(56(4,5)6)33-50(45)58(49(44)32-37)47-21-13-14-23-53(47)60-54-31-27-40(35-51(54)58)59(52-22-15-17-36-16-9-10-18-41(36)52)39-26-30-43-42-19-11-12-20-46(42)57(7,8)48(43)34-39/h9-35H,1-8H3. The van der Waals surface area contributed by atoms with Crippen LogP contribution in [0.5, 0.6) is 0 Å². The van der Waals surface area contributed by atoms with Gasteiger partial charge in [0, 0.05) is 32.0 Å². The summed E-state index contributed by atoms with van der Waals surface area (Å²) in [6.07, 6.45) is 0. The van der Waals surface area contributed by atoms with Gasteiger partial charge in [-0.2, -0.15) is 0 Å². The van der Waals surface area contributed by atoms with Gasteiger partial charge in [-0.1, -0.05) is 188 Å². The van der Waals surface area contributed by atoms with E-state index in [9.17, 15) is 0 Å². The maximum Gasteiger partial charge on any atom is 0.0736 e. The molecule has 0 atom stereocenters. The van der Waals surface area contributed by atoms with Crippen molar-refractivity contribution in [1.29, 1.82) is 0 Å². The van der Waals surface area contributed by atoms with Crippen molar-refractivity contribution in [3.63, 3.8) is 0 Å². The predicted octanol–water partition coefficient (Wildman–Crippen LogP) is 16.0. The van der Waals surface area contributed by atoms with Crippen LogP contribution in [0, 0.1) is 0 Å². The molecule has 0 N–H and O–H groups in total. The molecule has 1 aliphatic heterocycles. The number of rotatable bonds is 3. The number of benzene rings is 8. The molecule has 0 saturated carbocycles. The minimum absolute atomic E-state index is 0.0126. The lowest BCUT2D eigenvalue weighted by Gasteiger charge is -2.41. The number of anilines is 3. The monoisotopic (exact) mass is 793 g/mol. The molecule has 2 aliphatic carbocycles. The molecule has 0 radical (unpaired) electrons. The normalized spacial score (nSPS) is 15.2. The number of hydrogen-bond acceptors (Lipinski definition) is 2. The van der Waals surface area contributed by atoms with Gasteiger partial charge in [-0.3, -0.25) is 0 Å². The van der Waals surface area contributed by atoms with Crippen LogP contribution in [0.4, 0.5) is 17.1 Å². The van der Waals surface area contributed by atoms with Gasteiger partial charge < -0.3 is 4.90 Å². The fourth-order valence-corrected chi connectivity index (χ4v) is 11.8. The highest BCUT2D eigenvalue weighted by Gasteiger charge is 2.51. The Morgan fingerprint density at radius 3 is 1.63 bits per heavy atom. The molecule has 0 saturated heterocycles. The van der Waals surface area contributed by atoms with Gasteiger partial charge in [0.15, 0.2) is 0 Å². The highest BCUT2D eigenvalue weighted by Crippen LogP contribution is 2.64. The summed E-state index contributed by atoms with van der Waals surface area (Å²) >= 11 is 1.92. The van der Waals surface area contributed by atoms with Crippen molar-refractivity contribution in [1.82, 2.24) is 0 Å². The molecule has 0 bridgehead atoms. The molecule has 1 heterocycles. The van der Waals surface area contributed by atoms with Crippen molar-refractivity contribution >= 4 is 39.6 Å². The first-order chi connectivity index (χ1) is 28.8. The van der Waals surface area contributed by atoms with Crippen molar-refractivity contribution in [3.8, 4) is 22.3 Å². The van der Waals surface area contributed by atoms with Crippen LogP contribution in [0.25, 0.3) is 33.0 Å². The van der Waals surface area contributed by atoms with Gasteiger partial charge in [-0.05, 0) is 125 Å². The summed E-state index contributed by atoms with van der Waals surface area (Å²) in [5, 5.41) is 2.47. The third-order valence-electron chi connectivity index (χ3n) is 13.8. The Hall–Kier alpha value is -5.83. The molecule has 3 aliphatic rings. The summed E-state index contributed by atoms with van der Waals surface area (Å²) in [4.78, 5) is 5.17. The third kappa shape index (κ3) is 5.26. The summed E-state index contributed by atoms with van der Waals surface area (Å²) < 4.78 is 0. The Kier molecular flexibility index (Phi) is 7.96. The molecule has 8 aromatic carbocycles. The van der Waals surface area contributed by atoms with E-state index >= 15 is 0 Å². The number of nitrogens with zero attached hydrogens (tertiary/aromatic N) is 1. The lowest BCUT2D eigenvalue weighted by atomic mass is 9.66. The fraction of sp³-hybridized carbons (Fsp3) is 0.207. The zero-order chi connectivity index (χ0) is 41.3. The summed E-state index contributed by atoms with van der Waals surface area (Å²) in [6.45, 7) is 18.8. The van der Waals surface area contributed by atoms with Crippen molar-refractivity contribution in [2.24, 2.45) is 0 Å². The van der Waals surface area contributed by atoms with Crippen LogP contribution < -0.4 is 4.90 Å². The van der Waals surface area contributed by atoms with Crippen LogP contribution in [-0.4, -0.2) is 0 Å². The van der Waals surface area contributed by atoms with Crippen LogP contribution >= 0.6 is 11.8 Å². The van der Waals surface area contributed by atoms with Gasteiger partial charge >= 0.3 is 0 Å². The van der Waals surface area contributed by atoms with Crippen LogP contribution in [0.1, 0.15) is 99.9 Å². The van der Waals surface area contributed by atoms with Crippen LogP contribution in [0.2, 0.25) is 0 Å². The second-order valence-corrected chi connectivity index (χ2v) is 20.9. The second kappa shape index (κ2) is 12.8. The van der Waals surface area contributed by atoms with Gasteiger partial charge in [-0.15, -0.1) is 0 Å². The molecular weight excluding hydrogens is 743 g/mol. The van der Waals surface area contributed by atoms with E-state index in [1.807, 2.05) is 11.8 Å². The maximum absolute atomic E-state index is 2.56. The molecular formula is C58H51NS. The van der Waals surface area contributed by atoms with Crippen molar-refractivity contribution in [2.75, 3.05) is 4.90 Å². The lowest BCUT2D eigenvalue weighted by Crippen LogP contribution is -2.33. The molecule has 0 fully saturated rings. The van der Waals surface area contributed by atoms with Gasteiger partial charge in [0.1, 0.15) is 0 Å². The van der Waals surface area contributed by atoms with E-state index in [2.05, 4.69) is 224 Å². The van der Waals surface area contributed by atoms with Crippen molar-refractivity contribution < 1.29 is 0 Å². The van der Waals surface area contributed by atoms with Crippen LogP contribution in [-0.2, 0) is 21.7 Å². The van der Waals surface area contributed by atoms with E-state index in [4.69, 9.17) is 0 Å². The molecule has 8 aromatic rings. The number of fused-ring (bicyclic) bond motifs is 13. The lowest BCUT2D eigenvalue weighted by molar-refractivity contribution is 0.585. The minimum Gasteiger partial charge on any atom is -0.310 e. The fourth-order valence-electron chi connectivity index (χ4n) is 10.7. The van der Waals surface area contributed by atoms with E-state index in [0.717, 1.165) is 5.69 Å². The van der Waals surface area contributed by atoms with Crippen LogP contribution in [0.3, 0.4) is 0 Å². The molecule has 11 rings (SSSR count). The Balaban J connectivity index is 1.23. The molecule has 0 amide bonds. The summed E-state index contributed by atoms with van der Waals surface area (Å²) in [6, 6.07) is 63.0. The Morgan fingerprint density at radius 2 is 0.933 bits per heavy atom. The van der Waals surface area contributed by atoms with Gasteiger partial charge in [-0.25, -0.2) is 0 Å². The van der Waals surface area contributed by atoms with E-state index in [0.29, 0.717) is 0 Å². The molecule has 0 aromatic heterocycles. The van der Waals surface area contributed by atoms with Crippen LogP contribution in [0.15, 0.2) is 174 Å². The van der Waals surface area contributed by atoms with Crippen molar-refractivity contribution in [3.05, 3.63) is 208 Å². The predicted molar refractivity (Wildman–Crippen MR) is 255 cm³/mol. The molecule has 1 spiro atoms. The average Bonchev–Trinajstić information content (AvgIpc) is 3.65.